The summed E-state index contributed by atoms with van der Waals surface area (Å²) in [7, 11) is 3.43. The van der Waals surface area contributed by atoms with E-state index in [0.717, 1.165) is 22.1 Å². The lowest BCUT2D eigenvalue weighted by molar-refractivity contribution is -0.672. The quantitative estimate of drug-likeness (QED) is 0.449. The van der Waals surface area contributed by atoms with Gasteiger partial charge in [-0.15, -0.1) is 0 Å². The predicted octanol–water partition coefficient (Wildman–Crippen LogP) is 3.30. The number of aromatic nitrogens is 2. The lowest BCUT2D eigenvalue weighted by Crippen LogP contribution is -2.36. The molecule has 0 saturated carbocycles. The molecule has 0 saturated heterocycles. The van der Waals surface area contributed by atoms with E-state index in [2.05, 4.69) is 0 Å². The molecule has 0 spiro atoms. The second-order valence-electron chi connectivity index (χ2n) is 7.30. The Kier molecular flexibility index (Phi) is 3.84. The van der Waals surface area contributed by atoms with Gasteiger partial charge >= 0.3 is 0 Å². The normalized spacial score (nSPS) is 12.8. The van der Waals surface area contributed by atoms with Crippen molar-refractivity contribution in [2.75, 3.05) is 7.11 Å². The van der Waals surface area contributed by atoms with E-state index in [0.29, 0.717) is 29.1 Å². The van der Waals surface area contributed by atoms with Crippen LogP contribution in [0.3, 0.4) is 0 Å². The number of hydrogen-bond acceptors (Lipinski definition) is 3. The van der Waals surface area contributed by atoms with Gasteiger partial charge in [-0.1, -0.05) is 36.4 Å². The third kappa shape index (κ3) is 2.66. The highest BCUT2D eigenvalue weighted by Crippen LogP contribution is 2.30. The average Bonchev–Trinajstić information content (AvgIpc) is 3.07. The van der Waals surface area contributed by atoms with E-state index >= 15 is 0 Å². The maximum atomic E-state index is 13.4. The van der Waals surface area contributed by atoms with Crippen molar-refractivity contribution in [1.29, 1.82) is 0 Å². The molecule has 5 heteroatoms. The fraction of sp³-hybridized carbons (Fsp3) is 0.125. The second-order valence-corrected chi connectivity index (χ2v) is 7.30. The van der Waals surface area contributed by atoms with Crippen molar-refractivity contribution in [1.82, 2.24) is 4.57 Å². The Labute approximate surface area is 167 Å². The summed E-state index contributed by atoms with van der Waals surface area (Å²) in [5.74, 6) is 0.548. The molecule has 0 unspecified atom stereocenters. The Morgan fingerprint density at radius 1 is 0.897 bits per heavy atom. The van der Waals surface area contributed by atoms with Gasteiger partial charge in [-0.3, -0.25) is 9.59 Å². The first-order chi connectivity index (χ1) is 14.1. The highest BCUT2D eigenvalue weighted by atomic mass is 16.5. The van der Waals surface area contributed by atoms with E-state index < -0.39 is 0 Å². The molecule has 0 N–H and O–H groups in total. The molecule has 29 heavy (non-hydrogen) atoms. The number of carbonyl (C=O) groups is 2. The Morgan fingerprint density at radius 3 is 2.14 bits per heavy atom. The smallest absolute Gasteiger partial charge is 0.245 e. The van der Waals surface area contributed by atoms with E-state index in [-0.39, 0.29) is 11.6 Å². The van der Waals surface area contributed by atoms with Crippen LogP contribution in [0.2, 0.25) is 0 Å². The summed E-state index contributed by atoms with van der Waals surface area (Å²) in [5, 5.41) is 1.91. The van der Waals surface area contributed by atoms with Crippen molar-refractivity contribution >= 4 is 22.3 Å². The number of aryl methyl sites for hydroxylation is 1. The van der Waals surface area contributed by atoms with Crippen molar-refractivity contribution in [3.63, 3.8) is 0 Å². The molecule has 0 fully saturated rings. The number of carbonyl (C=O) groups excluding carboxylic acids is 2. The number of fused-ring (bicyclic) bond motifs is 3. The number of hydrogen-bond donors (Lipinski definition) is 0. The molecule has 1 heterocycles. The first-order valence-electron chi connectivity index (χ1n) is 9.40. The van der Waals surface area contributed by atoms with E-state index in [1.54, 1.807) is 18.7 Å². The second kappa shape index (κ2) is 6.41. The fourth-order valence-corrected chi connectivity index (χ4v) is 4.05. The Morgan fingerprint density at radius 2 is 1.52 bits per heavy atom. The molecule has 5 nitrogen and oxygen atoms in total. The van der Waals surface area contributed by atoms with Crippen LogP contribution < -0.4 is 9.30 Å². The van der Waals surface area contributed by atoms with Crippen LogP contribution >= 0.6 is 0 Å². The number of ether oxygens (including phenoxy) is 1. The largest absolute Gasteiger partial charge is 0.497 e. The van der Waals surface area contributed by atoms with Gasteiger partial charge in [-0.25, -0.2) is 9.13 Å². The van der Waals surface area contributed by atoms with Crippen molar-refractivity contribution in [3.05, 3.63) is 95.1 Å². The summed E-state index contributed by atoms with van der Waals surface area (Å²) >= 11 is 0. The molecule has 0 bridgehead atoms. The highest BCUT2D eigenvalue weighted by molar-refractivity contribution is 6.27. The molecule has 142 valence electrons. The van der Waals surface area contributed by atoms with Gasteiger partial charge in [0.15, 0.2) is 0 Å². The third-order valence-corrected chi connectivity index (χ3v) is 5.49. The van der Waals surface area contributed by atoms with Gasteiger partial charge in [0.05, 0.1) is 14.2 Å². The van der Waals surface area contributed by atoms with Crippen LogP contribution in [0.15, 0.2) is 67.0 Å². The number of imidazole rings is 1. The highest BCUT2D eigenvalue weighted by Gasteiger charge is 2.40. The van der Waals surface area contributed by atoms with Crippen molar-refractivity contribution in [2.24, 2.45) is 7.05 Å². The molecule has 4 aromatic rings. The number of rotatable bonds is 3. The van der Waals surface area contributed by atoms with Crippen molar-refractivity contribution in [2.45, 2.75) is 6.54 Å². The average molecular weight is 383 g/mol. The number of methoxy groups -OCH3 is 1. The van der Waals surface area contributed by atoms with Crippen molar-refractivity contribution in [3.8, 4) is 5.75 Å². The molecule has 0 radical (unpaired) electrons. The van der Waals surface area contributed by atoms with Crippen LogP contribution in [0, 0.1) is 0 Å². The molecule has 1 aromatic heterocycles. The summed E-state index contributed by atoms with van der Waals surface area (Å²) in [6.07, 6.45) is 1.82. The fourth-order valence-electron chi connectivity index (χ4n) is 4.05. The predicted molar refractivity (Wildman–Crippen MR) is 109 cm³/mol. The van der Waals surface area contributed by atoms with Crippen LogP contribution in [0.1, 0.15) is 37.7 Å². The van der Waals surface area contributed by atoms with Gasteiger partial charge in [-0.2, -0.15) is 0 Å². The monoisotopic (exact) mass is 383 g/mol. The van der Waals surface area contributed by atoms with E-state index in [9.17, 15) is 9.59 Å². The van der Waals surface area contributed by atoms with Crippen LogP contribution in [-0.4, -0.2) is 23.2 Å². The molecular weight excluding hydrogens is 364 g/mol. The number of ketones is 2. The van der Waals surface area contributed by atoms with Gasteiger partial charge in [0.2, 0.25) is 29.3 Å². The Balaban J connectivity index is 1.63. The Bertz CT molecular complexity index is 1300. The van der Waals surface area contributed by atoms with Gasteiger partial charge in [-0.05, 0) is 40.6 Å². The van der Waals surface area contributed by atoms with Gasteiger partial charge < -0.3 is 4.74 Å². The van der Waals surface area contributed by atoms with Gasteiger partial charge in [0.25, 0.3) is 0 Å². The minimum atomic E-state index is -0.116. The van der Waals surface area contributed by atoms with E-state index in [4.69, 9.17) is 4.74 Å². The number of benzene rings is 3. The third-order valence-electron chi connectivity index (χ3n) is 5.49. The van der Waals surface area contributed by atoms with Gasteiger partial charge in [0.1, 0.15) is 12.3 Å². The van der Waals surface area contributed by atoms with E-state index in [1.165, 1.54) is 0 Å². The van der Waals surface area contributed by atoms with E-state index in [1.807, 2.05) is 71.6 Å². The summed E-state index contributed by atoms with van der Waals surface area (Å²) < 4.78 is 8.81. The maximum absolute atomic E-state index is 13.4. The summed E-state index contributed by atoms with van der Waals surface area (Å²) in [5.41, 5.74) is 2.84. The molecule has 1 aliphatic rings. The topological polar surface area (TPSA) is 52.2 Å². The van der Waals surface area contributed by atoms with Crippen LogP contribution in [0.25, 0.3) is 10.8 Å². The maximum Gasteiger partial charge on any atom is 0.245 e. The van der Waals surface area contributed by atoms with Crippen molar-refractivity contribution < 1.29 is 18.9 Å². The molecular formula is C24H19N2O3+. The standard InChI is InChI=1S/C24H19N2O3/c1-25-14-26(13-15-7-9-18(29-2)10-8-15)22-21(25)23(27)19-11-16-5-3-4-6-17(16)12-20(19)24(22)28/h3-12,14H,13H2,1-2H3/q+1. The van der Waals surface area contributed by atoms with Gasteiger partial charge in [0, 0.05) is 11.1 Å². The molecule has 0 aliphatic heterocycles. The molecule has 0 amide bonds. The molecule has 1 aliphatic carbocycles. The minimum Gasteiger partial charge on any atom is -0.497 e. The van der Waals surface area contributed by atoms with Crippen LogP contribution in [0.4, 0.5) is 0 Å². The summed E-state index contributed by atoms with van der Waals surface area (Å²) in [6, 6.07) is 19.1. The van der Waals surface area contributed by atoms with Crippen LogP contribution in [0.5, 0.6) is 5.75 Å². The Hall–Kier alpha value is -3.73. The SMILES string of the molecule is COc1ccc(Cn2c[n+](C)c3c2C(=O)c2cc4ccccc4cc2C3=O)cc1. The van der Waals surface area contributed by atoms with Crippen LogP contribution in [-0.2, 0) is 13.6 Å². The molecule has 0 atom stereocenters. The lowest BCUT2D eigenvalue weighted by Gasteiger charge is -2.14. The first-order valence-corrected chi connectivity index (χ1v) is 9.40. The first kappa shape index (κ1) is 17.4. The zero-order chi connectivity index (χ0) is 20.1. The molecule has 3 aromatic carbocycles. The zero-order valence-electron chi connectivity index (χ0n) is 16.2. The number of nitrogens with zero attached hydrogens (tertiary/aromatic N) is 2. The summed E-state index contributed by atoms with van der Waals surface area (Å²) in [4.78, 5) is 26.7. The zero-order valence-corrected chi connectivity index (χ0v) is 16.2. The molecule has 5 rings (SSSR count). The lowest BCUT2D eigenvalue weighted by atomic mass is 9.87. The minimum absolute atomic E-state index is 0.115. The summed E-state index contributed by atoms with van der Waals surface area (Å²) in [6.45, 7) is 0.495.